The zero-order valence-electron chi connectivity index (χ0n) is 32.3. The van der Waals surface area contributed by atoms with E-state index in [4.69, 9.17) is 24.3 Å². The molecule has 0 saturated carbocycles. The van der Waals surface area contributed by atoms with Gasteiger partial charge in [-0.1, -0.05) is 120 Å². The van der Waals surface area contributed by atoms with Crippen molar-refractivity contribution in [3.05, 3.63) is 60.8 Å². The van der Waals surface area contributed by atoms with Crippen molar-refractivity contribution in [1.82, 2.24) is 0 Å². The molecule has 298 valence electrons. The molecule has 0 heterocycles. The first-order valence-electron chi connectivity index (χ1n) is 19.7. The van der Waals surface area contributed by atoms with Gasteiger partial charge in [0.05, 0.1) is 13.2 Å². The van der Waals surface area contributed by atoms with Crippen LogP contribution in [0.3, 0.4) is 0 Å². The SMILES string of the molecule is CC/C=C\C/C=C\C/C=C\CCCCCCCC(=O)OC[C@H](COP(=O)(O)OCCN)OC(=O)CCCCCCCC(=O)/C=C/C=C\CCCCC. The monoisotopic (exact) mass is 751 g/mol. The van der Waals surface area contributed by atoms with Crippen LogP contribution in [0.15, 0.2) is 60.8 Å². The predicted molar refractivity (Wildman–Crippen MR) is 211 cm³/mol. The first kappa shape index (κ1) is 49.4. The largest absolute Gasteiger partial charge is 0.472 e. The van der Waals surface area contributed by atoms with Crippen LogP contribution in [0, 0.1) is 0 Å². The van der Waals surface area contributed by atoms with Gasteiger partial charge in [-0.2, -0.15) is 0 Å². The van der Waals surface area contributed by atoms with Crippen LogP contribution in [-0.2, 0) is 37.5 Å². The number of carbonyl (C=O) groups excluding carboxylic acids is 3. The molecule has 0 rings (SSSR count). The average molecular weight is 752 g/mol. The number of phosphoric acid groups is 1. The van der Waals surface area contributed by atoms with E-state index in [1.54, 1.807) is 6.08 Å². The fraction of sp³-hybridized carbons (Fsp3) is 0.683. The Kier molecular flexibility index (Phi) is 34.9. The van der Waals surface area contributed by atoms with Gasteiger partial charge in [0.25, 0.3) is 0 Å². The van der Waals surface area contributed by atoms with E-state index in [-0.39, 0.29) is 38.4 Å². The minimum absolute atomic E-state index is 0.0284. The van der Waals surface area contributed by atoms with Crippen LogP contribution in [0.4, 0.5) is 0 Å². The number of unbranched alkanes of at least 4 members (excludes halogenated alkanes) is 12. The van der Waals surface area contributed by atoms with E-state index in [1.165, 1.54) is 19.3 Å². The highest BCUT2D eigenvalue weighted by atomic mass is 31.2. The predicted octanol–water partition coefficient (Wildman–Crippen LogP) is 10.1. The van der Waals surface area contributed by atoms with E-state index >= 15 is 0 Å². The van der Waals surface area contributed by atoms with Crippen LogP contribution in [0.1, 0.15) is 149 Å². The molecule has 52 heavy (non-hydrogen) atoms. The van der Waals surface area contributed by atoms with Gasteiger partial charge in [0.2, 0.25) is 0 Å². The van der Waals surface area contributed by atoms with E-state index in [0.717, 1.165) is 83.5 Å². The Labute approximate surface area is 315 Å². The number of ketones is 1. The summed E-state index contributed by atoms with van der Waals surface area (Å²) in [6.07, 6.45) is 37.8. The molecule has 1 unspecified atom stereocenters. The lowest BCUT2D eigenvalue weighted by atomic mass is 10.1. The minimum atomic E-state index is -4.41. The van der Waals surface area contributed by atoms with Gasteiger partial charge in [0, 0.05) is 25.8 Å². The minimum Gasteiger partial charge on any atom is -0.462 e. The normalized spacial score (nSPS) is 13.9. The van der Waals surface area contributed by atoms with Crippen molar-refractivity contribution in [3.63, 3.8) is 0 Å². The summed E-state index contributed by atoms with van der Waals surface area (Å²) in [5.41, 5.74) is 5.32. The number of allylic oxidation sites excluding steroid dienone is 10. The highest BCUT2D eigenvalue weighted by molar-refractivity contribution is 7.47. The van der Waals surface area contributed by atoms with Crippen molar-refractivity contribution in [3.8, 4) is 0 Å². The highest BCUT2D eigenvalue weighted by Gasteiger charge is 2.26. The molecule has 0 saturated heterocycles. The Bertz CT molecular complexity index is 1100. The van der Waals surface area contributed by atoms with Crippen LogP contribution < -0.4 is 5.73 Å². The maximum absolute atomic E-state index is 12.5. The Hall–Kier alpha value is -2.62. The number of hydrogen-bond donors (Lipinski definition) is 2. The van der Waals surface area contributed by atoms with E-state index in [0.29, 0.717) is 19.3 Å². The van der Waals surface area contributed by atoms with Crippen LogP contribution in [0.25, 0.3) is 0 Å². The van der Waals surface area contributed by atoms with E-state index < -0.39 is 32.5 Å². The third-order valence-corrected chi connectivity index (χ3v) is 8.85. The molecule has 3 N–H and O–H groups in total. The molecule has 0 aromatic rings. The smallest absolute Gasteiger partial charge is 0.462 e. The van der Waals surface area contributed by atoms with Crippen LogP contribution in [0.5, 0.6) is 0 Å². The second-order valence-electron chi connectivity index (χ2n) is 12.8. The zero-order chi connectivity index (χ0) is 38.4. The molecule has 0 bridgehead atoms. The van der Waals surface area contributed by atoms with Gasteiger partial charge in [0.1, 0.15) is 6.61 Å². The fourth-order valence-corrected chi connectivity index (χ4v) is 5.69. The first-order chi connectivity index (χ1) is 25.2. The van der Waals surface area contributed by atoms with Crippen molar-refractivity contribution in [2.75, 3.05) is 26.4 Å². The van der Waals surface area contributed by atoms with Gasteiger partial charge in [0.15, 0.2) is 11.9 Å². The van der Waals surface area contributed by atoms with Gasteiger partial charge in [-0.3, -0.25) is 23.4 Å². The standard InChI is InChI=1S/C41H70NO9P/c1-3-5-7-9-11-12-13-14-15-16-17-18-20-24-28-32-40(44)48-36-39(37-50-52(46,47)49-35-34-42)51-41(45)33-29-25-21-23-27-31-38(43)30-26-22-19-10-8-6-4-2/h5,7,11-12,14-15,19,22,26,30,39H,3-4,6,8-10,13,16-18,20-21,23-25,27-29,31-37,42H2,1-2H3,(H,46,47)/b7-5-,12-11-,15-14-,22-19-,30-26+/t39-/m1/s1. The first-order valence-corrected chi connectivity index (χ1v) is 21.2. The maximum atomic E-state index is 12.5. The third kappa shape index (κ3) is 35.8. The molecule has 0 fully saturated rings. The number of ether oxygens (including phenoxy) is 2. The number of rotatable bonds is 36. The summed E-state index contributed by atoms with van der Waals surface area (Å²) in [6, 6.07) is 0. The molecule has 0 spiro atoms. The molecule has 0 aliphatic heterocycles. The average Bonchev–Trinajstić information content (AvgIpc) is 3.12. The molecule has 0 aromatic carbocycles. The van der Waals surface area contributed by atoms with Crippen molar-refractivity contribution >= 4 is 25.5 Å². The summed E-state index contributed by atoms with van der Waals surface area (Å²) in [6.45, 7) is 3.38. The van der Waals surface area contributed by atoms with Gasteiger partial charge in [-0.25, -0.2) is 4.57 Å². The van der Waals surface area contributed by atoms with Crippen LogP contribution in [-0.4, -0.2) is 55.1 Å². The summed E-state index contributed by atoms with van der Waals surface area (Å²) < 4.78 is 32.6. The second kappa shape index (κ2) is 36.7. The van der Waals surface area contributed by atoms with E-state index in [9.17, 15) is 23.8 Å². The van der Waals surface area contributed by atoms with E-state index in [1.807, 2.05) is 12.2 Å². The van der Waals surface area contributed by atoms with Crippen LogP contribution >= 0.6 is 7.82 Å². The Morgan fingerprint density at radius 1 is 0.654 bits per heavy atom. The topological polar surface area (TPSA) is 151 Å². The second-order valence-corrected chi connectivity index (χ2v) is 14.3. The summed E-state index contributed by atoms with van der Waals surface area (Å²) in [4.78, 5) is 46.8. The Morgan fingerprint density at radius 3 is 1.90 bits per heavy atom. The molecule has 10 nitrogen and oxygen atoms in total. The van der Waals surface area contributed by atoms with Crippen molar-refractivity contribution in [1.29, 1.82) is 0 Å². The third-order valence-electron chi connectivity index (χ3n) is 7.86. The van der Waals surface area contributed by atoms with Crippen LogP contribution in [0.2, 0.25) is 0 Å². The maximum Gasteiger partial charge on any atom is 0.472 e. The summed E-state index contributed by atoms with van der Waals surface area (Å²) in [5, 5.41) is 0. The number of esters is 2. The zero-order valence-corrected chi connectivity index (χ0v) is 33.2. The summed E-state index contributed by atoms with van der Waals surface area (Å²) in [7, 11) is -4.41. The molecular formula is C41H70NO9P. The molecule has 0 radical (unpaired) electrons. The fourth-order valence-electron chi connectivity index (χ4n) is 4.92. The van der Waals surface area contributed by atoms with E-state index in [2.05, 4.69) is 56.4 Å². The van der Waals surface area contributed by atoms with Crippen molar-refractivity contribution in [2.45, 2.75) is 155 Å². The molecule has 0 amide bonds. The lowest BCUT2D eigenvalue weighted by Crippen LogP contribution is -2.29. The lowest BCUT2D eigenvalue weighted by Gasteiger charge is -2.19. The molecule has 0 aromatic heterocycles. The van der Waals surface area contributed by atoms with Crippen molar-refractivity contribution in [2.24, 2.45) is 5.73 Å². The van der Waals surface area contributed by atoms with Gasteiger partial charge < -0.3 is 20.1 Å². The molecular weight excluding hydrogens is 681 g/mol. The van der Waals surface area contributed by atoms with Gasteiger partial charge in [-0.15, -0.1) is 0 Å². The number of hydrogen-bond acceptors (Lipinski definition) is 9. The Morgan fingerprint density at radius 2 is 1.23 bits per heavy atom. The van der Waals surface area contributed by atoms with Gasteiger partial charge in [-0.05, 0) is 70.3 Å². The number of carbonyl (C=O) groups is 3. The Balaban J connectivity index is 4.34. The molecule has 11 heteroatoms. The molecule has 2 atom stereocenters. The highest BCUT2D eigenvalue weighted by Crippen LogP contribution is 2.43. The van der Waals surface area contributed by atoms with Gasteiger partial charge >= 0.3 is 19.8 Å². The quantitative estimate of drug-likeness (QED) is 0.0158. The number of phosphoric ester groups is 1. The molecule has 0 aliphatic rings. The van der Waals surface area contributed by atoms with Crippen molar-refractivity contribution < 1.29 is 42.4 Å². The number of nitrogens with two attached hydrogens (primary N) is 1. The summed E-state index contributed by atoms with van der Waals surface area (Å²) >= 11 is 0. The lowest BCUT2D eigenvalue weighted by molar-refractivity contribution is -0.161. The summed E-state index contributed by atoms with van der Waals surface area (Å²) in [5.74, 6) is -0.836. The molecule has 0 aliphatic carbocycles.